The minimum Gasteiger partial charge on any atom is -0.457 e. The first-order valence-electron chi connectivity index (χ1n) is 17.7. The number of fused-ring (bicyclic) bond motifs is 4. The van der Waals surface area contributed by atoms with E-state index in [-0.39, 0.29) is 87.4 Å². The Balaban J connectivity index is 0.827. The van der Waals surface area contributed by atoms with Crippen LogP contribution in [0.3, 0.4) is 0 Å². The number of carbonyl (C=O) groups excluding carboxylic acids is 8. The van der Waals surface area contributed by atoms with E-state index in [2.05, 4.69) is 0 Å². The second-order valence-electron chi connectivity index (χ2n) is 13.9. The van der Waals surface area contributed by atoms with Crippen molar-refractivity contribution in [3.8, 4) is 23.0 Å². The van der Waals surface area contributed by atoms with Crippen molar-refractivity contribution in [3.63, 3.8) is 0 Å². The third-order valence-corrected chi connectivity index (χ3v) is 10.0. The van der Waals surface area contributed by atoms with Crippen molar-refractivity contribution >= 4 is 47.3 Å². The molecule has 8 rings (SSSR count). The fourth-order valence-corrected chi connectivity index (χ4v) is 6.89. The highest BCUT2D eigenvalue weighted by atomic mass is 16.5. The molecule has 16 heteroatoms. The Bertz CT molecular complexity index is 2510. The van der Waals surface area contributed by atoms with Crippen molar-refractivity contribution < 1.29 is 57.3 Å². The monoisotopic (exact) mass is 772 g/mol. The predicted octanol–water partition coefficient (Wildman–Crippen LogP) is 4.38. The van der Waals surface area contributed by atoms with Crippen LogP contribution in [0, 0.1) is 0 Å². The molecule has 8 amide bonds. The summed E-state index contributed by atoms with van der Waals surface area (Å²) in [4.78, 5) is 106. The lowest BCUT2D eigenvalue weighted by Gasteiger charge is -2.23. The molecule has 16 nitrogen and oxygen atoms in total. The van der Waals surface area contributed by atoms with E-state index in [9.17, 15) is 38.4 Å². The molecule has 0 fully saturated rings. The summed E-state index contributed by atoms with van der Waals surface area (Å²) in [7, 11) is 2.79. The van der Waals surface area contributed by atoms with E-state index >= 15 is 0 Å². The third kappa shape index (κ3) is 6.30. The summed E-state index contributed by atoms with van der Waals surface area (Å²) in [6.45, 7) is 2.95. The van der Waals surface area contributed by atoms with Crippen molar-refractivity contribution in [2.75, 3.05) is 34.0 Å². The van der Waals surface area contributed by atoms with Crippen molar-refractivity contribution in [1.82, 2.24) is 19.6 Å². The van der Waals surface area contributed by atoms with Crippen LogP contribution in [0.4, 0.5) is 0 Å². The Kier molecular flexibility index (Phi) is 9.01. The molecular weight excluding hydrogens is 740 g/mol. The fourth-order valence-electron chi connectivity index (χ4n) is 6.89. The third-order valence-electron chi connectivity index (χ3n) is 10.0. The molecule has 2 atom stereocenters. The number of rotatable bonds is 12. The van der Waals surface area contributed by atoms with Gasteiger partial charge in [0.15, 0.2) is 0 Å². The summed E-state index contributed by atoms with van der Waals surface area (Å²) < 4.78 is 23.4. The molecule has 4 aliphatic rings. The first-order chi connectivity index (χ1) is 27.2. The van der Waals surface area contributed by atoms with Crippen LogP contribution in [0.2, 0.25) is 0 Å². The van der Waals surface area contributed by atoms with E-state index in [0.717, 1.165) is 19.6 Å². The lowest BCUT2D eigenvalue weighted by Crippen LogP contribution is -2.38. The van der Waals surface area contributed by atoms with Gasteiger partial charge in [-0.2, -0.15) is 0 Å². The molecule has 4 aromatic rings. The zero-order valence-corrected chi connectivity index (χ0v) is 30.9. The highest BCUT2D eigenvalue weighted by Gasteiger charge is 2.39. The van der Waals surface area contributed by atoms with Crippen LogP contribution in [-0.4, -0.2) is 113 Å². The zero-order valence-electron chi connectivity index (χ0n) is 30.9. The van der Waals surface area contributed by atoms with Crippen LogP contribution >= 0.6 is 0 Å². The average Bonchev–Trinajstić information content (AvgIpc) is 3.76. The molecule has 0 aliphatic carbocycles. The predicted molar refractivity (Wildman–Crippen MR) is 195 cm³/mol. The molecular formula is C41H32N4O12. The van der Waals surface area contributed by atoms with Gasteiger partial charge in [0.1, 0.15) is 29.7 Å². The summed E-state index contributed by atoms with van der Waals surface area (Å²) in [6, 6.07) is 17.8. The van der Waals surface area contributed by atoms with Crippen LogP contribution in [0.5, 0.6) is 23.0 Å². The summed E-state index contributed by atoms with van der Waals surface area (Å²) in [6.07, 6.45) is -1.21. The molecule has 0 saturated heterocycles. The van der Waals surface area contributed by atoms with Crippen molar-refractivity contribution in [1.29, 1.82) is 0 Å². The smallest absolute Gasteiger partial charge is 0.263 e. The van der Waals surface area contributed by atoms with E-state index in [1.807, 2.05) is 0 Å². The van der Waals surface area contributed by atoms with Gasteiger partial charge < -0.3 is 18.9 Å². The second kappa shape index (κ2) is 13.9. The molecule has 288 valence electrons. The average molecular weight is 773 g/mol. The number of ether oxygens (including phenoxy) is 4. The summed E-state index contributed by atoms with van der Waals surface area (Å²) in [5, 5.41) is 0. The number of imide groups is 4. The number of hydrogen-bond acceptors (Lipinski definition) is 12. The Labute approximate surface area is 324 Å². The quantitative estimate of drug-likeness (QED) is 0.185. The van der Waals surface area contributed by atoms with Gasteiger partial charge in [-0.15, -0.1) is 0 Å². The molecule has 0 aromatic heterocycles. The molecule has 0 bridgehead atoms. The molecule has 57 heavy (non-hydrogen) atoms. The van der Waals surface area contributed by atoms with Crippen molar-refractivity contribution in [3.05, 3.63) is 117 Å². The zero-order chi connectivity index (χ0) is 40.4. The van der Waals surface area contributed by atoms with Crippen LogP contribution in [0.15, 0.2) is 72.8 Å². The SMILES string of the molecule is CC(COC(C)CN1C(=O)c2ccc(Oc3ccc4c(c3)C(=O)N(C)C4=O)cc2C1=O)OCN1C(=O)c2ccc(Oc3ccc4c(c3)C(=O)N(C)C4=O)cc2C1=O. The van der Waals surface area contributed by atoms with Crippen LogP contribution in [0.25, 0.3) is 0 Å². The van der Waals surface area contributed by atoms with Gasteiger partial charge in [0, 0.05) is 14.1 Å². The fraction of sp³-hybridized carbons (Fsp3) is 0.220. The number of nitrogens with zero attached hydrogens (tertiary/aromatic N) is 4. The molecule has 4 aliphatic heterocycles. The second-order valence-corrected chi connectivity index (χ2v) is 13.9. The maximum absolute atomic E-state index is 13.3. The van der Waals surface area contributed by atoms with Crippen LogP contribution < -0.4 is 9.47 Å². The topological polar surface area (TPSA) is 186 Å². The first-order valence-corrected chi connectivity index (χ1v) is 17.7. The molecule has 0 saturated carbocycles. The Hall–Kier alpha value is -7.04. The number of hydrogen-bond donors (Lipinski definition) is 0. The Morgan fingerprint density at radius 3 is 1.19 bits per heavy atom. The minimum atomic E-state index is -0.610. The van der Waals surface area contributed by atoms with Gasteiger partial charge >= 0.3 is 0 Å². The first kappa shape index (κ1) is 36.9. The maximum Gasteiger partial charge on any atom is 0.263 e. The van der Waals surface area contributed by atoms with Crippen LogP contribution in [0.1, 0.15) is 96.7 Å². The summed E-state index contributed by atoms with van der Waals surface area (Å²) in [5.41, 5.74) is 1.55. The molecule has 4 heterocycles. The van der Waals surface area contributed by atoms with E-state index in [4.69, 9.17) is 18.9 Å². The van der Waals surface area contributed by atoms with Gasteiger partial charge in [0.2, 0.25) is 0 Å². The summed E-state index contributed by atoms with van der Waals surface area (Å²) in [5.74, 6) is -2.86. The van der Waals surface area contributed by atoms with Gasteiger partial charge in [0.05, 0.1) is 69.9 Å². The van der Waals surface area contributed by atoms with E-state index < -0.39 is 59.5 Å². The van der Waals surface area contributed by atoms with Crippen molar-refractivity contribution in [2.24, 2.45) is 0 Å². The maximum atomic E-state index is 13.3. The van der Waals surface area contributed by atoms with E-state index in [0.29, 0.717) is 0 Å². The molecule has 4 aromatic carbocycles. The Morgan fingerprint density at radius 1 is 0.421 bits per heavy atom. The number of carbonyl (C=O) groups is 8. The van der Waals surface area contributed by atoms with Gasteiger partial charge in [-0.1, -0.05) is 0 Å². The lowest BCUT2D eigenvalue weighted by molar-refractivity contribution is -0.0564. The standard InChI is InChI=1S/C41H32N4O12/c1-20(17-44-38(50)28-11-7-24(15-32(28)40(44)52)56-22-5-9-26-30(13-22)36(48)42(3)34(26)46)54-18-21(2)55-19-45-39(51)29-12-8-25(16-33(29)41(45)53)57-23-6-10-27-31(14-23)37(49)43(4)35(27)47/h5-16,20-21H,17-19H2,1-4H3. The lowest BCUT2D eigenvalue weighted by atomic mass is 10.1. The van der Waals surface area contributed by atoms with Crippen molar-refractivity contribution in [2.45, 2.75) is 26.1 Å². The molecule has 0 spiro atoms. The van der Waals surface area contributed by atoms with Gasteiger partial charge in [-0.25, -0.2) is 4.90 Å². The Morgan fingerprint density at radius 2 is 0.754 bits per heavy atom. The highest BCUT2D eigenvalue weighted by Crippen LogP contribution is 2.34. The van der Waals surface area contributed by atoms with Gasteiger partial charge in [-0.3, -0.25) is 53.1 Å². The largest absolute Gasteiger partial charge is 0.457 e. The summed E-state index contributed by atoms with van der Waals surface area (Å²) >= 11 is 0. The number of benzene rings is 4. The normalized spacial score (nSPS) is 16.8. The number of amides is 8. The minimum absolute atomic E-state index is 0.0127. The van der Waals surface area contributed by atoms with Gasteiger partial charge in [-0.05, 0) is 86.6 Å². The van der Waals surface area contributed by atoms with Gasteiger partial charge in [0.25, 0.3) is 47.3 Å². The van der Waals surface area contributed by atoms with Crippen LogP contribution in [-0.2, 0) is 9.47 Å². The molecule has 0 radical (unpaired) electrons. The molecule has 2 unspecified atom stereocenters. The van der Waals surface area contributed by atoms with E-state index in [1.54, 1.807) is 19.9 Å². The highest BCUT2D eigenvalue weighted by molar-refractivity contribution is 6.23. The molecule has 0 N–H and O–H groups in total. The van der Waals surface area contributed by atoms with E-state index in [1.165, 1.54) is 80.8 Å².